The third-order valence-corrected chi connectivity index (χ3v) is 5.70. The van der Waals surface area contributed by atoms with Crippen molar-refractivity contribution in [2.45, 2.75) is 13.8 Å². The molecule has 0 unspecified atom stereocenters. The van der Waals surface area contributed by atoms with Crippen molar-refractivity contribution in [3.63, 3.8) is 0 Å². The molecular weight excluding hydrogens is 494 g/mol. The number of aromatic nitrogens is 2. The van der Waals surface area contributed by atoms with Crippen LogP contribution in [-0.2, 0) is 4.79 Å². The van der Waals surface area contributed by atoms with Crippen LogP contribution in [0.4, 0.5) is 28.8 Å². The van der Waals surface area contributed by atoms with Crippen LogP contribution >= 0.6 is 0 Å². The van der Waals surface area contributed by atoms with Crippen LogP contribution in [0.15, 0.2) is 72.8 Å². The molecule has 0 saturated carbocycles. The lowest BCUT2D eigenvalue weighted by Gasteiger charge is -2.12. The zero-order valence-corrected chi connectivity index (χ0v) is 22.5. The van der Waals surface area contributed by atoms with E-state index in [1.807, 2.05) is 68.4 Å². The molecule has 9 heteroatoms. The lowest BCUT2D eigenvalue weighted by molar-refractivity contribution is -0.111. The second-order valence-electron chi connectivity index (χ2n) is 8.69. The number of anilines is 5. The number of rotatable bonds is 10. The van der Waals surface area contributed by atoms with Crippen molar-refractivity contribution < 1.29 is 19.0 Å². The first-order valence-corrected chi connectivity index (χ1v) is 12.2. The van der Waals surface area contributed by atoms with Crippen LogP contribution in [-0.4, -0.2) is 37.2 Å². The van der Waals surface area contributed by atoms with Gasteiger partial charge in [0.1, 0.15) is 5.82 Å². The molecule has 0 bridgehead atoms. The predicted octanol–water partition coefficient (Wildman–Crippen LogP) is 6.26. The Bertz CT molecular complexity index is 1440. The average molecular weight is 526 g/mol. The summed E-state index contributed by atoms with van der Waals surface area (Å²) in [7, 11) is 4.63. The molecule has 0 aliphatic rings. The highest BCUT2D eigenvalue weighted by atomic mass is 16.5. The van der Waals surface area contributed by atoms with Crippen molar-refractivity contribution in [1.82, 2.24) is 9.97 Å². The Morgan fingerprint density at radius 2 is 1.33 bits per heavy atom. The van der Waals surface area contributed by atoms with Gasteiger partial charge < -0.3 is 30.2 Å². The van der Waals surface area contributed by atoms with E-state index in [0.717, 1.165) is 22.6 Å². The third kappa shape index (κ3) is 7.26. The van der Waals surface area contributed by atoms with Gasteiger partial charge >= 0.3 is 0 Å². The van der Waals surface area contributed by atoms with E-state index in [0.29, 0.717) is 34.7 Å². The van der Waals surface area contributed by atoms with E-state index in [2.05, 4.69) is 25.9 Å². The topological polar surface area (TPSA) is 107 Å². The van der Waals surface area contributed by atoms with Crippen LogP contribution in [0, 0.1) is 13.8 Å². The normalized spacial score (nSPS) is 10.7. The summed E-state index contributed by atoms with van der Waals surface area (Å²) in [5, 5.41) is 9.38. The average Bonchev–Trinajstić information content (AvgIpc) is 2.93. The predicted molar refractivity (Wildman–Crippen MR) is 155 cm³/mol. The fourth-order valence-electron chi connectivity index (χ4n) is 3.79. The quantitative estimate of drug-likeness (QED) is 0.208. The van der Waals surface area contributed by atoms with Gasteiger partial charge in [0.05, 0.1) is 21.3 Å². The van der Waals surface area contributed by atoms with E-state index >= 15 is 0 Å². The Morgan fingerprint density at radius 1 is 0.744 bits per heavy atom. The molecule has 0 radical (unpaired) electrons. The number of ether oxygens (including phenoxy) is 3. The molecule has 1 amide bonds. The van der Waals surface area contributed by atoms with Gasteiger partial charge in [-0.3, -0.25) is 4.79 Å². The lowest BCUT2D eigenvalue weighted by Crippen LogP contribution is -2.07. The van der Waals surface area contributed by atoms with Gasteiger partial charge in [0, 0.05) is 34.9 Å². The van der Waals surface area contributed by atoms with Crippen LogP contribution < -0.4 is 30.2 Å². The standard InChI is InChI=1S/C30H31N5O4/c1-19-6-9-24(10-7-19)34-30-31-20(2)16-27(35-30)32-22-11-13-23(14-12-22)33-28(36)15-8-21-17-25(37-3)29(39-5)26(18-21)38-4/h6-18H,1-5H3,(H,33,36)(H2,31,32,34,35)/b15-8+. The Morgan fingerprint density at radius 3 is 1.95 bits per heavy atom. The largest absolute Gasteiger partial charge is 0.493 e. The molecule has 200 valence electrons. The van der Waals surface area contributed by atoms with Crippen LogP contribution in [0.2, 0.25) is 0 Å². The summed E-state index contributed by atoms with van der Waals surface area (Å²) in [6, 6.07) is 20.8. The van der Waals surface area contributed by atoms with Crippen molar-refractivity contribution in [1.29, 1.82) is 0 Å². The molecule has 9 nitrogen and oxygen atoms in total. The highest BCUT2D eigenvalue weighted by Gasteiger charge is 2.12. The number of carbonyl (C=O) groups excluding carboxylic acids is 1. The van der Waals surface area contributed by atoms with E-state index in [9.17, 15) is 4.79 Å². The lowest BCUT2D eigenvalue weighted by atomic mass is 10.1. The zero-order chi connectivity index (χ0) is 27.8. The first kappa shape index (κ1) is 27.0. The van der Waals surface area contributed by atoms with Gasteiger partial charge in [-0.15, -0.1) is 0 Å². The van der Waals surface area contributed by atoms with Crippen molar-refractivity contribution in [2.75, 3.05) is 37.3 Å². The number of hydrogen-bond acceptors (Lipinski definition) is 8. The van der Waals surface area contributed by atoms with Gasteiger partial charge in [-0.1, -0.05) is 17.7 Å². The SMILES string of the molecule is COc1cc(/C=C/C(=O)Nc2ccc(Nc3cc(C)nc(Nc4ccc(C)cc4)n3)cc2)cc(OC)c1OC. The summed E-state index contributed by atoms with van der Waals surface area (Å²) < 4.78 is 16.1. The molecule has 3 N–H and O–H groups in total. The maximum Gasteiger partial charge on any atom is 0.248 e. The molecule has 0 saturated heterocycles. The van der Waals surface area contributed by atoms with Crippen molar-refractivity contribution >= 4 is 40.8 Å². The summed E-state index contributed by atoms with van der Waals surface area (Å²) in [6.45, 7) is 3.96. The Kier molecular flexibility index (Phi) is 8.63. The molecular formula is C30H31N5O4. The smallest absolute Gasteiger partial charge is 0.248 e. The first-order valence-electron chi connectivity index (χ1n) is 12.2. The van der Waals surface area contributed by atoms with Gasteiger partial charge in [0.15, 0.2) is 11.5 Å². The minimum Gasteiger partial charge on any atom is -0.493 e. The van der Waals surface area contributed by atoms with Crippen LogP contribution in [0.5, 0.6) is 17.2 Å². The molecule has 1 heterocycles. The molecule has 0 aliphatic carbocycles. The van der Waals surface area contributed by atoms with E-state index < -0.39 is 0 Å². The van der Waals surface area contributed by atoms with Gasteiger partial charge in [-0.2, -0.15) is 4.98 Å². The number of nitrogens with one attached hydrogen (secondary N) is 3. The number of methoxy groups -OCH3 is 3. The van der Waals surface area contributed by atoms with Crippen LogP contribution in [0.25, 0.3) is 6.08 Å². The number of nitrogens with zero attached hydrogens (tertiary/aromatic N) is 2. The molecule has 3 aromatic carbocycles. The number of carbonyl (C=O) groups is 1. The van der Waals surface area contributed by atoms with Gasteiger partial charge in [-0.05, 0) is 74.0 Å². The van der Waals surface area contributed by atoms with Gasteiger partial charge in [0.25, 0.3) is 0 Å². The zero-order valence-electron chi connectivity index (χ0n) is 22.5. The minimum absolute atomic E-state index is 0.275. The fraction of sp³-hybridized carbons (Fsp3) is 0.167. The maximum atomic E-state index is 12.5. The number of benzene rings is 3. The highest BCUT2D eigenvalue weighted by Crippen LogP contribution is 2.38. The molecule has 0 fully saturated rings. The second kappa shape index (κ2) is 12.5. The summed E-state index contributed by atoms with van der Waals surface area (Å²) in [4.78, 5) is 21.6. The number of amides is 1. The van der Waals surface area contributed by atoms with Crippen molar-refractivity contribution in [3.05, 3.63) is 89.6 Å². The molecule has 0 spiro atoms. The summed E-state index contributed by atoms with van der Waals surface area (Å²) in [5.74, 6) is 2.40. The molecule has 39 heavy (non-hydrogen) atoms. The van der Waals surface area contributed by atoms with Crippen molar-refractivity contribution in [3.8, 4) is 17.2 Å². The second-order valence-corrected chi connectivity index (χ2v) is 8.69. The summed E-state index contributed by atoms with van der Waals surface area (Å²) in [5.41, 5.74) is 5.13. The summed E-state index contributed by atoms with van der Waals surface area (Å²) in [6.07, 6.45) is 3.12. The molecule has 4 aromatic rings. The Labute approximate surface area is 227 Å². The fourth-order valence-corrected chi connectivity index (χ4v) is 3.79. The number of hydrogen-bond donors (Lipinski definition) is 3. The Hall–Kier alpha value is -5.05. The Balaban J connectivity index is 1.39. The van der Waals surface area contributed by atoms with Gasteiger partial charge in [-0.25, -0.2) is 4.98 Å². The molecule has 0 atom stereocenters. The first-order chi connectivity index (χ1) is 18.9. The monoisotopic (exact) mass is 525 g/mol. The van der Waals surface area contributed by atoms with E-state index in [4.69, 9.17) is 14.2 Å². The minimum atomic E-state index is -0.275. The van der Waals surface area contributed by atoms with E-state index in [1.165, 1.54) is 11.6 Å². The molecule has 0 aliphatic heterocycles. The van der Waals surface area contributed by atoms with Crippen LogP contribution in [0.1, 0.15) is 16.8 Å². The van der Waals surface area contributed by atoms with Gasteiger partial charge in [0.2, 0.25) is 17.6 Å². The van der Waals surface area contributed by atoms with E-state index in [1.54, 1.807) is 39.5 Å². The number of aryl methyl sites for hydroxylation is 2. The van der Waals surface area contributed by atoms with Crippen LogP contribution in [0.3, 0.4) is 0 Å². The molecule has 4 rings (SSSR count). The summed E-state index contributed by atoms with van der Waals surface area (Å²) >= 11 is 0. The third-order valence-electron chi connectivity index (χ3n) is 5.70. The highest BCUT2D eigenvalue weighted by molar-refractivity contribution is 6.02. The van der Waals surface area contributed by atoms with Crippen molar-refractivity contribution in [2.24, 2.45) is 0 Å². The molecule has 1 aromatic heterocycles. The maximum absolute atomic E-state index is 12.5. The van der Waals surface area contributed by atoms with E-state index in [-0.39, 0.29) is 5.91 Å².